The predicted molar refractivity (Wildman–Crippen MR) is 50.7 cm³/mol. The molecular formula is C6H12N2O7S. The standard InChI is InChI=1S/C6H12N2O7S/c1-15-6(12)8-16(13,14)7-3-2-4(9)5(10)11/h4,7,9H,2-3H2,1H3,(H,8,12)(H,10,11)/t4-/m0/s1. The summed E-state index contributed by atoms with van der Waals surface area (Å²) in [4.78, 5) is 20.7. The van der Waals surface area contributed by atoms with Crippen molar-refractivity contribution in [1.82, 2.24) is 9.44 Å². The van der Waals surface area contributed by atoms with Gasteiger partial charge in [-0.05, 0) is 6.42 Å². The Labute approximate surface area is 91.6 Å². The van der Waals surface area contributed by atoms with E-state index in [9.17, 15) is 18.0 Å². The van der Waals surface area contributed by atoms with Gasteiger partial charge < -0.3 is 14.9 Å². The average molecular weight is 256 g/mol. The molecule has 0 saturated carbocycles. The molecule has 9 nitrogen and oxygen atoms in total. The van der Waals surface area contributed by atoms with Crippen molar-refractivity contribution in [3.05, 3.63) is 0 Å². The molecule has 0 bridgehead atoms. The first-order chi connectivity index (χ1) is 7.28. The van der Waals surface area contributed by atoms with Crippen LogP contribution in [0.2, 0.25) is 0 Å². The van der Waals surface area contributed by atoms with Gasteiger partial charge in [-0.25, -0.2) is 14.3 Å². The number of aliphatic carboxylic acids is 1. The lowest BCUT2D eigenvalue weighted by molar-refractivity contribution is -0.146. The number of rotatable bonds is 6. The highest BCUT2D eigenvalue weighted by Gasteiger charge is 2.17. The van der Waals surface area contributed by atoms with Gasteiger partial charge in [0.05, 0.1) is 7.11 Å². The number of carbonyl (C=O) groups excluding carboxylic acids is 1. The summed E-state index contributed by atoms with van der Waals surface area (Å²) >= 11 is 0. The van der Waals surface area contributed by atoms with Crippen LogP contribution in [0.15, 0.2) is 0 Å². The number of carboxylic acid groups (broad SMARTS) is 1. The van der Waals surface area contributed by atoms with E-state index in [0.717, 1.165) is 7.11 Å². The summed E-state index contributed by atoms with van der Waals surface area (Å²) in [5, 5.41) is 17.1. The maximum Gasteiger partial charge on any atom is 0.421 e. The number of carboxylic acids is 1. The van der Waals surface area contributed by atoms with Gasteiger partial charge in [0.25, 0.3) is 0 Å². The van der Waals surface area contributed by atoms with Crippen LogP contribution >= 0.6 is 0 Å². The molecule has 0 aromatic rings. The largest absolute Gasteiger partial charge is 0.479 e. The number of hydrogen-bond acceptors (Lipinski definition) is 6. The van der Waals surface area contributed by atoms with Crippen molar-refractivity contribution in [2.45, 2.75) is 12.5 Å². The van der Waals surface area contributed by atoms with Crippen LogP contribution in [0.4, 0.5) is 4.79 Å². The quantitative estimate of drug-likeness (QED) is 0.431. The van der Waals surface area contributed by atoms with Crippen molar-refractivity contribution < 1.29 is 33.0 Å². The number of amides is 1. The smallest absolute Gasteiger partial charge is 0.421 e. The molecule has 0 spiro atoms. The summed E-state index contributed by atoms with van der Waals surface area (Å²) in [6.45, 7) is -0.334. The Bertz CT molecular complexity index is 352. The van der Waals surface area contributed by atoms with E-state index in [1.54, 1.807) is 0 Å². The number of nitrogens with one attached hydrogen (secondary N) is 2. The van der Waals surface area contributed by atoms with Gasteiger partial charge in [0.1, 0.15) is 0 Å². The second kappa shape index (κ2) is 6.25. The lowest BCUT2D eigenvalue weighted by Gasteiger charge is -2.08. The molecule has 0 saturated heterocycles. The molecule has 0 aliphatic rings. The molecule has 0 aromatic carbocycles. The Morgan fingerprint density at radius 1 is 1.44 bits per heavy atom. The number of ether oxygens (including phenoxy) is 1. The number of hydrogen-bond donors (Lipinski definition) is 4. The lowest BCUT2D eigenvalue weighted by Crippen LogP contribution is -2.41. The van der Waals surface area contributed by atoms with Crippen LogP contribution in [0, 0.1) is 0 Å². The summed E-state index contributed by atoms with van der Waals surface area (Å²) in [5.74, 6) is -1.46. The van der Waals surface area contributed by atoms with E-state index in [1.807, 2.05) is 4.72 Å². The fourth-order valence-electron chi connectivity index (χ4n) is 0.641. The van der Waals surface area contributed by atoms with E-state index >= 15 is 0 Å². The van der Waals surface area contributed by atoms with Gasteiger partial charge in [-0.2, -0.15) is 13.1 Å². The predicted octanol–water partition coefficient (Wildman–Crippen LogP) is -1.99. The van der Waals surface area contributed by atoms with Gasteiger partial charge in [0.2, 0.25) is 0 Å². The summed E-state index contributed by atoms with van der Waals surface area (Å²) in [5.41, 5.74) is 0. The van der Waals surface area contributed by atoms with Crippen molar-refractivity contribution in [3.8, 4) is 0 Å². The van der Waals surface area contributed by atoms with Crippen molar-refractivity contribution in [2.75, 3.05) is 13.7 Å². The van der Waals surface area contributed by atoms with Crippen molar-refractivity contribution in [1.29, 1.82) is 0 Å². The normalized spacial score (nSPS) is 12.9. The Morgan fingerprint density at radius 3 is 2.44 bits per heavy atom. The van der Waals surface area contributed by atoms with E-state index in [-0.39, 0.29) is 13.0 Å². The van der Waals surface area contributed by atoms with E-state index in [2.05, 4.69) is 4.74 Å². The molecule has 0 aliphatic heterocycles. The molecule has 10 heteroatoms. The van der Waals surface area contributed by atoms with Crippen LogP contribution in [0.25, 0.3) is 0 Å². The van der Waals surface area contributed by atoms with Crippen LogP contribution in [0.5, 0.6) is 0 Å². The van der Waals surface area contributed by atoms with Gasteiger partial charge in [0, 0.05) is 6.54 Å². The molecule has 0 aliphatic carbocycles. The Hall–Kier alpha value is -1.39. The number of carbonyl (C=O) groups is 2. The molecular weight excluding hydrogens is 244 g/mol. The van der Waals surface area contributed by atoms with E-state index in [4.69, 9.17) is 10.2 Å². The van der Waals surface area contributed by atoms with Gasteiger partial charge in [0.15, 0.2) is 6.10 Å². The summed E-state index contributed by atoms with van der Waals surface area (Å²) in [7, 11) is -3.11. The first kappa shape index (κ1) is 14.6. The molecule has 0 rings (SSSR count). The van der Waals surface area contributed by atoms with Gasteiger partial charge in [-0.15, -0.1) is 0 Å². The Kier molecular flexibility index (Phi) is 5.71. The molecule has 4 N–H and O–H groups in total. The second-order valence-electron chi connectivity index (χ2n) is 2.63. The first-order valence-electron chi connectivity index (χ1n) is 4.04. The van der Waals surface area contributed by atoms with Crippen molar-refractivity contribution in [2.24, 2.45) is 0 Å². The van der Waals surface area contributed by atoms with Gasteiger partial charge in [-0.3, -0.25) is 0 Å². The molecule has 0 aromatic heterocycles. The van der Waals surface area contributed by atoms with Crippen molar-refractivity contribution >= 4 is 22.3 Å². The third-order valence-electron chi connectivity index (χ3n) is 1.40. The molecule has 0 unspecified atom stereocenters. The third kappa shape index (κ3) is 6.16. The van der Waals surface area contributed by atoms with Gasteiger partial charge in [-0.1, -0.05) is 0 Å². The molecule has 0 radical (unpaired) electrons. The summed E-state index contributed by atoms with van der Waals surface area (Å²) in [6, 6.07) is 0. The molecule has 0 fully saturated rings. The fourth-order valence-corrected chi connectivity index (χ4v) is 1.40. The van der Waals surface area contributed by atoms with Crippen LogP contribution < -0.4 is 9.44 Å². The minimum Gasteiger partial charge on any atom is -0.479 e. The zero-order valence-corrected chi connectivity index (χ0v) is 9.15. The van der Waals surface area contributed by atoms with Gasteiger partial charge >= 0.3 is 22.3 Å². The zero-order valence-electron chi connectivity index (χ0n) is 8.34. The van der Waals surface area contributed by atoms with Crippen molar-refractivity contribution in [3.63, 3.8) is 0 Å². The fraction of sp³-hybridized carbons (Fsp3) is 0.667. The van der Waals surface area contributed by atoms with Crippen LogP contribution in [-0.2, 0) is 19.7 Å². The minimum absolute atomic E-state index is 0.322. The summed E-state index contributed by atoms with van der Waals surface area (Å²) < 4.78 is 29.4. The summed E-state index contributed by atoms with van der Waals surface area (Å²) in [6.07, 6.45) is -3.16. The van der Waals surface area contributed by atoms with E-state index < -0.39 is 28.4 Å². The molecule has 1 amide bonds. The van der Waals surface area contributed by atoms with Crippen LogP contribution in [-0.4, -0.2) is 50.5 Å². The van der Waals surface area contributed by atoms with Crippen LogP contribution in [0.1, 0.15) is 6.42 Å². The molecule has 16 heavy (non-hydrogen) atoms. The van der Waals surface area contributed by atoms with Crippen LogP contribution in [0.3, 0.4) is 0 Å². The highest BCUT2D eigenvalue weighted by molar-refractivity contribution is 7.88. The monoisotopic (exact) mass is 256 g/mol. The van der Waals surface area contributed by atoms with E-state index in [1.165, 1.54) is 4.72 Å². The maximum atomic E-state index is 11.0. The topological polar surface area (TPSA) is 142 Å². The maximum absolute atomic E-state index is 11.0. The Morgan fingerprint density at radius 2 is 2.00 bits per heavy atom. The highest BCUT2D eigenvalue weighted by Crippen LogP contribution is 1.90. The second-order valence-corrected chi connectivity index (χ2v) is 4.13. The number of aliphatic hydroxyl groups is 1. The molecule has 1 atom stereocenters. The highest BCUT2D eigenvalue weighted by atomic mass is 32.2. The number of methoxy groups -OCH3 is 1. The van der Waals surface area contributed by atoms with E-state index in [0.29, 0.717) is 0 Å². The minimum atomic E-state index is -4.09. The third-order valence-corrected chi connectivity index (χ3v) is 2.42. The zero-order chi connectivity index (χ0) is 12.8. The molecule has 0 heterocycles. The first-order valence-corrected chi connectivity index (χ1v) is 5.53. The molecule has 94 valence electrons. The number of aliphatic hydroxyl groups excluding tert-OH is 1. The average Bonchev–Trinajstić information content (AvgIpc) is 2.16. The Balaban J connectivity index is 4.01. The SMILES string of the molecule is COC(=O)NS(=O)(=O)NCC[C@H](O)C(=O)O. The lowest BCUT2D eigenvalue weighted by atomic mass is 10.3.